The zero-order chi connectivity index (χ0) is 22.6. The molecular formula is C27H26N4O2. The Hall–Kier alpha value is -3.77. The molecule has 6 nitrogen and oxygen atoms in total. The molecule has 0 aliphatic carbocycles. The summed E-state index contributed by atoms with van der Waals surface area (Å²) in [4.78, 5) is 21.9. The normalized spacial score (nSPS) is 14.5. The summed E-state index contributed by atoms with van der Waals surface area (Å²) < 4.78 is 5.08. The van der Waals surface area contributed by atoms with E-state index in [0.29, 0.717) is 30.4 Å². The first-order chi connectivity index (χ1) is 16.2. The smallest absolute Gasteiger partial charge is 0.253 e. The van der Waals surface area contributed by atoms with E-state index in [1.807, 2.05) is 41.3 Å². The van der Waals surface area contributed by atoms with Gasteiger partial charge in [0.2, 0.25) is 11.7 Å². The van der Waals surface area contributed by atoms with E-state index < -0.39 is 0 Å². The Morgan fingerprint density at radius 1 is 0.848 bits per heavy atom. The molecule has 5 rings (SSSR count). The molecule has 0 unspecified atom stereocenters. The number of nitrogens with zero attached hydrogens (tertiary/aromatic N) is 4. The Balaban J connectivity index is 1.32. The average molecular weight is 439 g/mol. The van der Waals surface area contributed by atoms with E-state index >= 15 is 0 Å². The van der Waals surface area contributed by atoms with Crippen LogP contribution in [0.5, 0.6) is 0 Å². The summed E-state index contributed by atoms with van der Waals surface area (Å²) in [7, 11) is 0. The van der Waals surface area contributed by atoms with Crippen LogP contribution < -0.4 is 0 Å². The van der Waals surface area contributed by atoms with Crippen LogP contribution in [0.3, 0.4) is 0 Å². The van der Waals surface area contributed by atoms with Crippen LogP contribution >= 0.6 is 0 Å². The Morgan fingerprint density at radius 2 is 1.48 bits per heavy atom. The van der Waals surface area contributed by atoms with Crippen LogP contribution in [0.25, 0.3) is 11.4 Å². The van der Waals surface area contributed by atoms with E-state index in [-0.39, 0.29) is 11.9 Å². The molecule has 1 aliphatic heterocycles. The number of aryl methyl sites for hydroxylation is 1. The molecule has 1 aliphatic rings. The van der Waals surface area contributed by atoms with Crippen LogP contribution in [0.15, 0.2) is 89.5 Å². The third kappa shape index (κ3) is 4.56. The monoisotopic (exact) mass is 438 g/mol. The van der Waals surface area contributed by atoms with Crippen LogP contribution in [0, 0.1) is 6.92 Å². The lowest BCUT2D eigenvalue weighted by molar-refractivity contribution is 0.0597. The van der Waals surface area contributed by atoms with Crippen molar-refractivity contribution in [2.75, 3.05) is 26.2 Å². The second-order valence-electron chi connectivity index (χ2n) is 8.27. The zero-order valence-corrected chi connectivity index (χ0v) is 18.6. The Bertz CT molecular complexity index is 1180. The third-order valence-electron chi connectivity index (χ3n) is 6.09. The summed E-state index contributed by atoms with van der Waals surface area (Å²) in [6, 6.07) is 28.8. The molecule has 1 fully saturated rings. The Kier molecular flexibility index (Phi) is 6.00. The van der Waals surface area contributed by atoms with Crippen molar-refractivity contribution in [1.82, 2.24) is 19.9 Å². The maximum atomic E-state index is 13.2. The van der Waals surface area contributed by atoms with Gasteiger partial charge in [-0.1, -0.05) is 78.0 Å². The van der Waals surface area contributed by atoms with E-state index in [2.05, 4.69) is 63.6 Å². The van der Waals surface area contributed by atoms with E-state index in [1.54, 1.807) is 6.92 Å². The van der Waals surface area contributed by atoms with Crippen LogP contribution in [-0.4, -0.2) is 52.0 Å². The van der Waals surface area contributed by atoms with Crippen molar-refractivity contribution in [3.05, 3.63) is 108 Å². The number of amides is 1. The number of hydrogen-bond donors (Lipinski definition) is 0. The van der Waals surface area contributed by atoms with Gasteiger partial charge in [0.05, 0.1) is 6.04 Å². The number of hydrogen-bond acceptors (Lipinski definition) is 5. The highest BCUT2D eigenvalue weighted by Gasteiger charge is 2.28. The average Bonchev–Trinajstić information content (AvgIpc) is 3.32. The maximum Gasteiger partial charge on any atom is 0.253 e. The second kappa shape index (κ2) is 9.38. The molecule has 1 amide bonds. The molecule has 3 aromatic carbocycles. The van der Waals surface area contributed by atoms with Gasteiger partial charge in [0, 0.05) is 44.2 Å². The minimum atomic E-state index is 0.0349. The van der Waals surface area contributed by atoms with Gasteiger partial charge in [-0.25, -0.2) is 0 Å². The molecule has 0 radical (unpaired) electrons. The van der Waals surface area contributed by atoms with E-state index in [4.69, 9.17) is 4.52 Å². The molecule has 0 spiro atoms. The van der Waals surface area contributed by atoms with Gasteiger partial charge < -0.3 is 9.42 Å². The number of rotatable bonds is 5. The van der Waals surface area contributed by atoms with Gasteiger partial charge in [0.1, 0.15) is 0 Å². The molecule has 0 N–H and O–H groups in total. The van der Waals surface area contributed by atoms with Gasteiger partial charge in [-0.05, 0) is 23.3 Å². The predicted molar refractivity (Wildman–Crippen MR) is 127 cm³/mol. The first-order valence-corrected chi connectivity index (χ1v) is 11.2. The summed E-state index contributed by atoms with van der Waals surface area (Å²) in [5, 5.41) is 3.97. The zero-order valence-electron chi connectivity index (χ0n) is 18.6. The Morgan fingerprint density at radius 3 is 2.06 bits per heavy atom. The number of carbonyl (C=O) groups excluding carboxylic acids is 1. The number of piperazine rings is 1. The molecule has 0 bridgehead atoms. The van der Waals surface area contributed by atoms with Gasteiger partial charge in [0.15, 0.2) is 0 Å². The highest BCUT2D eigenvalue weighted by atomic mass is 16.5. The minimum Gasteiger partial charge on any atom is -0.339 e. The molecule has 0 saturated carbocycles. The molecule has 6 heteroatoms. The van der Waals surface area contributed by atoms with Crippen molar-refractivity contribution in [3.8, 4) is 11.4 Å². The number of aromatic nitrogens is 2. The molecule has 1 saturated heterocycles. The van der Waals surface area contributed by atoms with Gasteiger partial charge in [0.25, 0.3) is 5.91 Å². The van der Waals surface area contributed by atoms with Gasteiger partial charge in [-0.3, -0.25) is 9.69 Å². The summed E-state index contributed by atoms with van der Waals surface area (Å²) >= 11 is 0. The molecule has 33 heavy (non-hydrogen) atoms. The van der Waals surface area contributed by atoms with Crippen LogP contribution in [0.1, 0.15) is 33.4 Å². The fourth-order valence-corrected chi connectivity index (χ4v) is 4.46. The fourth-order valence-electron chi connectivity index (χ4n) is 4.46. The van der Waals surface area contributed by atoms with Crippen LogP contribution in [0.4, 0.5) is 0 Å². The SMILES string of the molecule is Cc1nc(-c2cccc(C(=O)N3CCN(C(c4ccccc4)c4ccccc4)CC3)c2)no1. The third-order valence-corrected chi connectivity index (χ3v) is 6.09. The first kappa shape index (κ1) is 21.1. The van der Waals surface area contributed by atoms with Gasteiger partial charge in [-0.15, -0.1) is 0 Å². The highest BCUT2D eigenvalue weighted by molar-refractivity contribution is 5.95. The summed E-state index contributed by atoms with van der Waals surface area (Å²) in [6.07, 6.45) is 0. The van der Waals surface area contributed by atoms with Gasteiger partial charge >= 0.3 is 0 Å². The quantitative estimate of drug-likeness (QED) is 0.456. The summed E-state index contributed by atoms with van der Waals surface area (Å²) in [5.74, 6) is 1.04. The summed E-state index contributed by atoms with van der Waals surface area (Å²) in [6.45, 7) is 4.73. The fraction of sp³-hybridized carbons (Fsp3) is 0.222. The second-order valence-corrected chi connectivity index (χ2v) is 8.27. The maximum absolute atomic E-state index is 13.2. The molecular weight excluding hydrogens is 412 g/mol. The predicted octanol–water partition coefficient (Wildman–Crippen LogP) is 4.59. The van der Waals surface area contributed by atoms with Crippen molar-refractivity contribution in [2.45, 2.75) is 13.0 Å². The van der Waals surface area contributed by atoms with Gasteiger partial charge in [-0.2, -0.15) is 4.98 Å². The van der Waals surface area contributed by atoms with E-state index in [1.165, 1.54) is 11.1 Å². The molecule has 1 aromatic heterocycles. The molecule has 0 atom stereocenters. The van der Waals surface area contributed by atoms with Crippen LogP contribution in [0.2, 0.25) is 0 Å². The molecule has 166 valence electrons. The Labute approximate surface area is 193 Å². The molecule has 2 heterocycles. The minimum absolute atomic E-state index is 0.0349. The number of carbonyl (C=O) groups is 1. The molecule has 4 aromatic rings. The number of benzene rings is 3. The van der Waals surface area contributed by atoms with Crippen molar-refractivity contribution >= 4 is 5.91 Å². The lowest BCUT2D eigenvalue weighted by atomic mass is 9.96. The van der Waals surface area contributed by atoms with Crippen molar-refractivity contribution in [3.63, 3.8) is 0 Å². The highest BCUT2D eigenvalue weighted by Crippen LogP contribution is 2.29. The van der Waals surface area contributed by atoms with E-state index in [9.17, 15) is 4.79 Å². The van der Waals surface area contributed by atoms with Crippen molar-refractivity contribution in [2.24, 2.45) is 0 Å². The van der Waals surface area contributed by atoms with Crippen LogP contribution in [-0.2, 0) is 0 Å². The largest absolute Gasteiger partial charge is 0.339 e. The lowest BCUT2D eigenvalue weighted by Crippen LogP contribution is -2.49. The topological polar surface area (TPSA) is 62.5 Å². The summed E-state index contributed by atoms with van der Waals surface area (Å²) in [5.41, 5.74) is 3.97. The standard InChI is InChI=1S/C27H26N4O2/c1-20-28-26(29-33-20)23-13-8-14-24(19-23)27(32)31-17-15-30(16-18-31)25(21-9-4-2-5-10-21)22-11-6-3-7-12-22/h2-14,19,25H,15-18H2,1H3. The van der Waals surface area contributed by atoms with Crippen molar-refractivity contribution in [1.29, 1.82) is 0 Å². The lowest BCUT2D eigenvalue weighted by Gasteiger charge is -2.39. The van der Waals surface area contributed by atoms with Crippen molar-refractivity contribution < 1.29 is 9.32 Å². The van der Waals surface area contributed by atoms with E-state index in [0.717, 1.165) is 18.7 Å². The first-order valence-electron chi connectivity index (χ1n) is 11.2.